The number of hydrogen-bond donors (Lipinski definition) is 0. The lowest BCUT2D eigenvalue weighted by Crippen LogP contribution is -2.06. The van der Waals surface area contributed by atoms with Crippen LogP contribution in [0.5, 0.6) is 0 Å². The first-order chi connectivity index (χ1) is 11.6. The smallest absolute Gasteiger partial charge is 0.0494 e. The van der Waals surface area contributed by atoms with Crippen LogP contribution in [0.4, 0.5) is 0 Å². The van der Waals surface area contributed by atoms with Gasteiger partial charge in [0.05, 0.1) is 0 Å². The highest BCUT2D eigenvalue weighted by molar-refractivity contribution is 6.16. The molecule has 0 bridgehead atoms. The number of hydrogen-bond acceptors (Lipinski definition) is 1. The maximum absolute atomic E-state index is 5.18. The fourth-order valence-electron chi connectivity index (χ4n) is 4.01. The molecule has 1 aliphatic carbocycles. The van der Waals surface area contributed by atoms with Gasteiger partial charge in [-0.05, 0) is 41.4 Å². The van der Waals surface area contributed by atoms with Gasteiger partial charge in [0.1, 0.15) is 0 Å². The standard InChI is InChI=1S/C23H25N/c1-14(2)12-20-19-11-7-10-17-16-8-5-6-9-18(16)23(22(17)19)21(24-20)13-15(3)4/h5-11,14-15H,12-13H2,1-4H3. The van der Waals surface area contributed by atoms with Crippen LogP contribution in [0.1, 0.15) is 39.1 Å². The van der Waals surface area contributed by atoms with Gasteiger partial charge in [0.25, 0.3) is 0 Å². The van der Waals surface area contributed by atoms with Gasteiger partial charge >= 0.3 is 0 Å². The van der Waals surface area contributed by atoms with Gasteiger partial charge in [0.15, 0.2) is 0 Å². The van der Waals surface area contributed by atoms with Crippen LogP contribution in [0.15, 0.2) is 42.5 Å². The summed E-state index contributed by atoms with van der Waals surface area (Å²) in [5.74, 6) is 1.23. The number of nitrogens with zero attached hydrogens (tertiary/aromatic N) is 1. The molecule has 1 aliphatic rings. The van der Waals surface area contributed by atoms with Crippen molar-refractivity contribution in [2.45, 2.75) is 40.5 Å². The van der Waals surface area contributed by atoms with E-state index in [1.807, 2.05) is 0 Å². The van der Waals surface area contributed by atoms with Crippen LogP contribution in [0.3, 0.4) is 0 Å². The van der Waals surface area contributed by atoms with E-state index in [0.717, 1.165) is 12.8 Å². The number of aromatic nitrogens is 1. The van der Waals surface area contributed by atoms with E-state index in [1.54, 1.807) is 0 Å². The molecule has 0 unspecified atom stereocenters. The van der Waals surface area contributed by atoms with E-state index in [9.17, 15) is 0 Å². The van der Waals surface area contributed by atoms with E-state index >= 15 is 0 Å². The Morgan fingerprint density at radius 3 is 2.04 bits per heavy atom. The number of fused-ring (bicyclic) bond motifs is 3. The predicted octanol–water partition coefficient (Wildman–Crippen LogP) is 6.28. The minimum atomic E-state index is 0.609. The largest absolute Gasteiger partial charge is 0.257 e. The second-order valence-electron chi connectivity index (χ2n) is 7.85. The van der Waals surface area contributed by atoms with Crippen molar-refractivity contribution in [2.24, 2.45) is 11.8 Å². The van der Waals surface area contributed by atoms with Crippen molar-refractivity contribution < 1.29 is 0 Å². The molecule has 1 nitrogen and oxygen atoms in total. The zero-order valence-corrected chi connectivity index (χ0v) is 15.1. The Labute approximate surface area is 144 Å². The molecule has 0 fully saturated rings. The SMILES string of the molecule is CC(C)Cc1nc(CC(C)C)c2cccc3c2c1-c1ccccc1-3. The van der Waals surface area contributed by atoms with Crippen molar-refractivity contribution in [1.82, 2.24) is 4.98 Å². The summed E-state index contributed by atoms with van der Waals surface area (Å²) in [7, 11) is 0. The Morgan fingerprint density at radius 1 is 0.708 bits per heavy atom. The lowest BCUT2D eigenvalue weighted by molar-refractivity contribution is 0.617. The summed E-state index contributed by atoms with van der Waals surface area (Å²) in [5, 5.41) is 2.78. The molecule has 1 aromatic heterocycles. The van der Waals surface area contributed by atoms with Gasteiger partial charge in [-0.3, -0.25) is 4.98 Å². The molecule has 1 heteroatoms. The van der Waals surface area contributed by atoms with Crippen LogP contribution in [0.25, 0.3) is 33.0 Å². The Morgan fingerprint density at radius 2 is 1.33 bits per heavy atom. The third-order valence-electron chi connectivity index (χ3n) is 4.87. The second-order valence-corrected chi connectivity index (χ2v) is 7.85. The minimum Gasteiger partial charge on any atom is -0.257 e. The van der Waals surface area contributed by atoms with E-state index in [-0.39, 0.29) is 0 Å². The highest BCUT2D eigenvalue weighted by Gasteiger charge is 2.26. The summed E-state index contributed by atoms with van der Waals surface area (Å²) in [5.41, 5.74) is 8.06. The molecule has 0 amide bonds. The maximum Gasteiger partial charge on any atom is 0.0494 e. The van der Waals surface area contributed by atoms with Crippen LogP contribution in [0, 0.1) is 11.8 Å². The summed E-state index contributed by atoms with van der Waals surface area (Å²) in [6, 6.07) is 15.5. The molecule has 24 heavy (non-hydrogen) atoms. The molecule has 0 saturated heterocycles. The Kier molecular flexibility index (Phi) is 3.68. The molecular weight excluding hydrogens is 290 g/mol. The average molecular weight is 315 g/mol. The quantitative estimate of drug-likeness (QED) is 0.432. The van der Waals surface area contributed by atoms with Gasteiger partial charge in [0, 0.05) is 27.7 Å². The van der Waals surface area contributed by atoms with E-state index in [1.165, 1.54) is 44.4 Å². The molecule has 0 radical (unpaired) electrons. The van der Waals surface area contributed by atoms with E-state index in [2.05, 4.69) is 70.2 Å². The second kappa shape index (κ2) is 5.73. The van der Waals surface area contributed by atoms with Gasteiger partial charge < -0.3 is 0 Å². The normalized spacial score (nSPS) is 12.4. The van der Waals surface area contributed by atoms with Crippen molar-refractivity contribution in [1.29, 1.82) is 0 Å². The molecule has 0 N–H and O–H groups in total. The summed E-state index contributed by atoms with van der Waals surface area (Å²) >= 11 is 0. The van der Waals surface area contributed by atoms with Gasteiger partial charge in [-0.1, -0.05) is 70.2 Å². The zero-order valence-electron chi connectivity index (χ0n) is 15.1. The Hall–Kier alpha value is -2.15. The highest BCUT2D eigenvalue weighted by atomic mass is 14.7. The molecule has 0 saturated carbocycles. The predicted molar refractivity (Wildman–Crippen MR) is 103 cm³/mol. The van der Waals surface area contributed by atoms with Crippen LogP contribution >= 0.6 is 0 Å². The van der Waals surface area contributed by atoms with E-state index < -0.39 is 0 Å². The first-order valence-corrected chi connectivity index (χ1v) is 9.10. The van der Waals surface area contributed by atoms with Crippen molar-refractivity contribution in [2.75, 3.05) is 0 Å². The van der Waals surface area contributed by atoms with E-state index in [0.29, 0.717) is 11.8 Å². The molecule has 122 valence electrons. The number of rotatable bonds is 4. The highest BCUT2D eigenvalue weighted by Crippen LogP contribution is 2.49. The van der Waals surface area contributed by atoms with Crippen molar-refractivity contribution in [3.63, 3.8) is 0 Å². The molecule has 0 spiro atoms. The first kappa shape index (κ1) is 15.4. The Balaban J connectivity index is 2.08. The molecule has 4 rings (SSSR count). The van der Waals surface area contributed by atoms with Crippen LogP contribution in [0.2, 0.25) is 0 Å². The molecule has 1 heterocycles. The maximum atomic E-state index is 5.18. The third-order valence-corrected chi connectivity index (χ3v) is 4.87. The fourth-order valence-corrected chi connectivity index (χ4v) is 4.01. The fraction of sp³-hybridized carbons (Fsp3) is 0.348. The summed E-state index contributed by atoms with van der Waals surface area (Å²) in [6.07, 6.45) is 2.08. The van der Waals surface area contributed by atoms with Crippen molar-refractivity contribution >= 4 is 10.8 Å². The van der Waals surface area contributed by atoms with Crippen molar-refractivity contribution in [3.8, 4) is 22.3 Å². The molecule has 3 aromatic rings. The third kappa shape index (κ3) is 2.34. The van der Waals surface area contributed by atoms with Gasteiger partial charge in [-0.15, -0.1) is 0 Å². The zero-order chi connectivity index (χ0) is 16.8. The van der Waals surface area contributed by atoms with Crippen LogP contribution in [-0.4, -0.2) is 4.98 Å². The monoisotopic (exact) mass is 315 g/mol. The first-order valence-electron chi connectivity index (χ1n) is 9.10. The lowest BCUT2D eigenvalue weighted by Gasteiger charge is -2.16. The number of benzene rings is 2. The molecule has 0 aliphatic heterocycles. The van der Waals surface area contributed by atoms with Gasteiger partial charge in [0.2, 0.25) is 0 Å². The van der Waals surface area contributed by atoms with Crippen molar-refractivity contribution in [3.05, 3.63) is 53.9 Å². The number of pyridine rings is 1. The summed E-state index contributed by atoms with van der Waals surface area (Å²) in [6.45, 7) is 9.13. The molecular formula is C23H25N. The van der Waals surface area contributed by atoms with Crippen LogP contribution in [-0.2, 0) is 12.8 Å². The minimum absolute atomic E-state index is 0.609. The summed E-state index contributed by atoms with van der Waals surface area (Å²) in [4.78, 5) is 5.18. The van der Waals surface area contributed by atoms with Gasteiger partial charge in [-0.25, -0.2) is 0 Å². The lowest BCUT2D eigenvalue weighted by atomic mass is 9.94. The topological polar surface area (TPSA) is 12.9 Å². The van der Waals surface area contributed by atoms with E-state index in [4.69, 9.17) is 4.98 Å². The average Bonchev–Trinajstić information content (AvgIpc) is 2.87. The van der Waals surface area contributed by atoms with Crippen LogP contribution < -0.4 is 0 Å². The molecule has 0 atom stereocenters. The summed E-state index contributed by atoms with van der Waals surface area (Å²) < 4.78 is 0. The Bertz CT molecular complexity index is 919. The molecule has 2 aromatic carbocycles. The van der Waals surface area contributed by atoms with Gasteiger partial charge in [-0.2, -0.15) is 0 Å².